The highest BCUT2D eigenvalue weighted by atomic mass is 16.2. The Kier molecular flexibility index (Phi) is 2.64. The van der Waals surface area contributed by atoms with Crippen LogP contribution in [0, 0.1) is 5.41 Å². The second-order valence-corrected chi connectivity index (χ2v) is 3.88. The molecule has 0 saturated heterocycles. The Balaban J connectivity index is 1.86. The van der Waals surface area contributed by atoms with Gasteiger partial charge in [-0.2, -0.15) is 10.2 Å². The molecule has 1 aliphatic rings. The molecule has 0 bridgehead atoms. The molecular formula is C10H14N4O. The van der Waals surface area contributed by atoms with Crippen molar-refractivity contribution in [3.63, 3.8) is 0 Å². The molecule has 2 rings (SSSR count). The molecule has 0 atom stereocenters. The van der Waals surface area contributed by atoms with Crippen LogP contribution in [0.15, 0.2) is 18.3 Å². The highest BCUT2D eigenvalue weighted by molar-refractivity contribution is 5.85. The first kappa shape index (κ1) is 10.0. The van der Waals surface area contributed by atoms with E-state index in [4.69, 9.17) is 5.73 Å². The number of carbonyl (C=O) groups is 1. The number of amides is 1. The van der Waals surface area contributed by atoms with Gasteiger partial charge < -0.3 is 11.1 Å². The molecular weight excluding hydrogens is 192 g/mol. The van der Waals surface area contributed by atoms with Gasteiger partial charge in [0.2, 0.25) is 5.91 Å². The molecule has 1 aromatic heterocycles. The van der Waals surface area contributed by atoms with Crippen LogP contribution >= 0.6 is 0 Å². The van der Waals surface area contributed by atoms with E-state index in [-0.39, 0.29) is 11.3 Å². The minimum atomic E-state index is -0.289. The molecule has 0 aliphatic heterocycles. The maximum absolute atomic E-state index is 11.7. The number of nitrogens with one attached hydrogen (secondary N) is 1. The van der Waals surface area contributed by atoms with Crippen molar-refractivity contribution in [2.45, 2.75) is 19.4 Å². The Hall–Kier alpha value is -1.49. The van der Waals surface area contributed by atoms with Crippen molar-refractivity contribution in [2.75, 3.05) is 6.54 Å². The number of hydrogen-bond donors (Lipinski definition) is 2. The summed E-state index contributed by atoms with van der Waals surface area (Å²) in [4.78, 5) is 11.7. The Morgan fingerprint density at radius 1 is 1.60 bits per heavy atom. The Morgan fingerprint density at radius 3 is 2.93 bits per heavy atom. The fraction of sp³-hybridized carbons (Fsp3) is 0.500. The molecule has 1 fully saturated rings. The lowest BCUT2D eigenvalue weighted by Gasteiger charge is -2.11. The van der Waals surface area contributed by atoms with Gasteiger partial charge in [-0.25, -0.2) is 0 Å². The fourth-order valence-corrected chi connectivity index (χ4v) is 1.46. The minimum absolute atomic E-state index is 0.0376. The molecule has 80 valence electrons. The third-order valence-electron chi connectivity index (χ3n) is 2.78. The van der Waals surface area contributed by atoms with E-state index in [1.807, 2.05) is 6.07 Å². The van der Waals surface area contributed by atoms with Gasteiger partial charge in [0.15, 0.2) is 0 Å². The zero-order chi connectivity index (χ0) is 10.7. The molecule has 1 aromatic rings. The van der Waals surface area contributed by atoms with Gasteiger partial charge in [-0.05, 0) is 25.0 Å². The van der Waals surface area contributed by atoms with Gasteiger partial charge in [0.05, 0.1) is 17.7 Å². The second-order valence-electron chi connectivity index (χ2n) is 3.88. The summed E-state index contributed by atoms with van der Waals surface area (Å²) in [6.45, 7) is 0.855. The van der Waals surface area contributed by atoms with Crippen LogP contribution in [0.5, 0.6) is 0 Å². The molecule has 1 amide bonds. The van der Waals surface area contributed by atoms with Crippen LogP contribution < -0.4 is 11.1 Å². The number of nitrogens with zero attached hydrogens (tertiary/aromatic N) is 2. The molecule has 1 aliphatic carbocycles. The van der Waals surface area contributed by atoms with Gasteiger partial charge in [0, 0.05) is 12.7 Å². The number of aromatic nitrogens is 2. The van der Waals surface area contributed by atoms with Crippen molar-refractivity contribution in [3.05, 3.63) is 24.0 Å². The highest BCUT2D eigenvalue weighted by Gasteiger charge is 2.48. The van der Waals surface area contributed by atoms with Crippen LogP contribution in [0.4, 0.5) is 0 Å². The summed E-state index contributed by atoms with van der Waals surface area (Å²) in [6.07, 6.45) is 3.40. The summed E-state index contributed by atoms with van der Waals surface area (Å²) in [5.74, 6) is 0.0376. The molecule has 1 saturated carbocycles. The van der Waals surface area contributed by atoms with E-state index in [1.54, 1.807) is 12.3 Å². The highest BCUT2D eigenvalue weighted by Crippen LogP contribution is 2.44. The van der Waals surface area contributed by atoms with Gasteiger partial charge in [0.1, 0.15) is 0 Å². The number of hydrogen-bond acceptors (Lipinski definition) is 4. The van der Waals surface area contributed by atoms with Gasteiger partial charge in [0.25, 0.3) is 0 Å². The van der Waals surface area contributed by atoms with Gasteiger partial charge in [-0.15, -0.1) is 0 Å². The predicted octanol–water partition coefficient (Wildman–Crippen LogP) is -0.168. The molecule has 15 heavy (non-hydrogen) atoms. The topological polar surface area (TPSA) is 80.9 Å². The van der Waals surface area contributed by atoms with Crippen molar-refractivity contribution in [2.24, 2.45) is 11.1 Å². The normalized spacial score (nSPS) is 17.1. The Morgan fingerprint density at radius 2 is 2.40 bits per heavy atom. The van der Waals surface area contributed by atoms with Crippen molar-refractivity contribution in [1.82, 2.24) is 15.5 Å². The first-order valence-corrected chi connectivity index (χ1v) is 5.02. The lowest BCUT2D eigenvalue weighted by molar-refractivity contribution is -0.126. The number of nitrogens with two attached hydrogens (primary N) is 1. The van der Waals surface area contributed by atoms with Gasteiger partial charge in [-0.1, -0.05) is 0 Å². The Labute approximate surface area is 88.1 Å². The summed E-state index contributed by atoms with van der Waals surface area (Å²) in [7, 11) is 0. The molecule has 0 aromatic carbocycles. The van der Waals surface area contributed by atoms with Crippen molar-refractivity contribution >= 4 is 5.91 Å². The monoisotopic (exact) mass is 206 g/mol. The molecule has 0 spiro atoms. The van der Waals surface area contributed by atoms with Crippen LogP contribution in [-0.2, 0) is 11.3 Å². The summed E-state index contributed by atoms with van der Waals surface area (Å²) < 4.78 is 0. The quantitative estimate of drug-likeness (QED) is 0.716. The lowest BCUT2D eigenvalue weighted by atomic mass is 10.1. The van der Waals surface area contributed by atoms with Gasteiger partial charge in [-0.3, -0.25) is 4.79 Å². The third kappa shape index (κ3) is 2.12. The molecule has 5 nitrogen and oxygen atoms in total. The van der Waals surface area contributed by atoms with E-state index >= 15 is 0 Å². The van der Waals surface area contributed by atoms with Crippen LogP contribution in [0.2, 0.25) is 0 Å². The van der Waals surface area contributed by atoms with E-state index < -0.39 is 0 Å². The van der Waals surface area contributed by atoms with E-state index in [0.717, 1.165) is 18.5 Å². The molecule has 0 radical (unpaired) electrons. The summed E-state index contributed by atoms with van der Waals surface area (Å²) in [5, 5.41) is 10.4. The standard InChI is InChI=1S/C10H14N4O/c11-7-10(3-4-10)9(15)12-6-8-2-1-5-13-14-8/h1-2,5H,3-4,6-7,11H2,(H,12,15). The van der Waals surface area contributed by atoms with Crippen LogP contribution in [0.1, 0.15) is 18.5 Å². The largest absolute Gasteiger partial charge is 0.350 e. The smallest absolute Gasteiger partial charge is 0.227 e. The van der Waals surface area contributed by atoms with Crippen LogP contribution in [0.25, 0.3) is 0 Å². The SMILES string of the molecule is NCC1(C(=O)NCc2cccnn2)CC1. The molecule has 5 heteroatoms. The average Bonchev–Trinajstić information content (AvgIpc) is 3.08. The minimum Gasteiger partial charge on any atom is -0.350 e. The van der Waals surface area contributed by atoms with E-state index in [1.165, 1.54) is 0 Å². The van der Waals surface area contributed by atoms with Crippen LogP contribution in [0.3, 0.4) is 0 Å². The second kappa shape index (κ2) is 3.94. The fourth-order valence-electron chi connectivity index (χ4n) is 1.46. The van der Waals surface area contributed by atoms with Crippen LogP contribution in [-0.4, -0.2) is 22.6 Å². The summed E-state index contributed by atoms with van der Waals surface area (Å²) >= 11 is 0. The maximum atomic E-state index is 11.7. The molecule has 0 unspecified atom stereocenters. The third-order valence-corrected chi connectivity index (χ3v) is 2.78. The Bertz CT molecular complexity index is 348. The summed E-state index contributed by atoms with van der Waals surface area (Å²) in [5.41, 5.74) is 6.02. The molecule has 1 heterocycles. The average molecular weight is 206 g/mol. The van der Waals surface area contributed by atoms with Crippen molar-refractivity contribution < 1.29 is 4.79 Å². The van der Waals surface area contributed by atoms with E-state index in [0.29, 0.717) is 13.1 Å². The summed E-state index contributed by atoms with van der Waals surface area (Å²) in [6, 6.07) is 3.62. The molecule has 3 N–H and O–H groups in total. The zero-order valence-corrected chi connectivity index (χ0v) is 8.44. The zero-order valence-electron chi connectivity index (χ0n) is 8.44. The van der Waals surface area contributed by atoms with Crippen molar-refractivity contribution in [1.29, 1.82) is 0 Å². The van der Waals surface area contributed by atoms with E-state index in [2.05, 4.69) is 15.5 Å². The first-order chi connectivity index (χ1) is 7.27. The predicted molar refractivity (Wildman–Crippen MR) is 54.6 cm³/mol. The maximum Gasteiger partial charge on any atom is 0.227 e. The first-order valence-electron chi connectivity index (χ1n) is 5.02. The van der Waals surface area contributed by atoms with Gasteiger partial charge >= 0.3 is 0 Å². The van der Waals surface area contributed by atoms with Crippen molar-refractivity contribution in [3.8, 4) is 0 Å². The lowest BCUT2D eigenvalue weighted by Crippen LogP contribution is -2.36. The number of carbonyl (C=O) groups excluding carboxylic acids is 1. The number of rotatable bonds is 4. The van der Waals surface area contributed by atoms with E-state index in [9.17, 15) is 4.79 Å².